The van der Waals surface area contributed by atoms with Crippen LogP contribution in [0.5, 0.6) is 0 Å². The van der Waals surface area contributed by atoms with Gasteiger partial charge >= 0.3 is 12.1 Å². The first-order valence-electron chi connectivity index (χ1n) is 6.25. The lowest BCUT2D eigenvalue weighted by Gasteiger charge is -2.19. The van der Waals surface area contributed by atoms with E-state index in [9.17, 15) is 19.8 Å². The molecule has 1 rings (SSSR count). The second kappa shape index (κ2) is 6.88. The van der Waals surface area contributed by atoms with Gasteiger partial charge in [0.2, 0.25) is 0 Å². The molecule has 0 aliphatic rings. The van der Waals surface area contributed by atoms with Crippen LogP contribution in [0, 0.1) is 0 Å². The number of carbonyl (C=O) groups is 2. The van der Waals surface area contributed by atoms with Crippen LogP contribution >= 0.6 is 11.3 Å². The van der Waals surface area contributed by atoms with E-state index < -0.39 is 36.3 Å². The molecule has 0 aromatic carbocycles. The van der Waals surface area contributed by atoms with Crippen molar-refractivity contribution in [3.8, 4) is 0 Å². The summed E-state index contributed by atoms with van der Waals surface area (Å²) < 4.78 is 5.08. The van der Waals surface area contributed by atoms with E-state index in [1.807, 2.05) is 0 Å². The summed E-state index contributed by atoms with van der Waals surface area (Å²) in [5, 5.41) is 32.4. The number of amides is 1. The van der Waals surface area contributed by atoms with Crippen molar-refractivity contribution in [1.82, 2.24) is 0 Å². The molecule has 0 fully saturated rings. The van der Waals surface area contributed by atoms with E-state index >= 15 is 0 Å². The van der Waals surface area contributed by atoms with Gasteiger partial charge in [-0.3, -0.25) is 10.1 Å². The Morgan fingerprint density at radius 1 is 1.38 bits per heavy atom. The van der Waals surface area contributed by atoms with Crippen molar-refractivity contribution in [2.24, 2.45) is 0 Å². The second-order valence-electron chi connectivity index (χ2n) is 5.48. The van der Waals surface area contributed by atoms with Gasteiger partial charge in [0.1, 0.15) is 11.7 Å². The number of carboxylic acid groups (broad SMARTS) is 1. The van der Waals surface area contributed by atoms with Gasteiger partial charge in [0.25, 0.3) is 0 Å². The van der Waals surface area contributed by atoms with Crippen molar-refractivity contribution in [1.29, 1.82) is 0 Å². The monoisotopic (exact) mass is 317 g/mol. The third-order valence-corrected chi connectivity index (χ3v) is 3.20. The minimum atomic E-state index is -1.41. The summed E-state index contributed by atoms with van der Waals surface area (Å²) in [7, 11) is 0. The molecule has 118 valence electrons. The molecule has 21 heavy (non-hydrogen) atoms. The highest BCUT2D eigenvalue weighted by atomic mass is 32.1. The highest BCUT2D eigenvalue weighted by molar-refractivity contribution is 7.14. The zero-order valence-corrected chi connectivity index (χ0v) is 12.8. The molecule has 0 saturated carbocycles. The number of hydrogen-bond acceptors (Lipinski definition) is 6. The van der Waals surface area contributed by atoms with Crippen molar-refractivity contribution < 1.29 is 29.6 Å². The van der Waals surface area contributed by atoms with E-state index in [1.165, 1.54) is 11.4 Å². The zero-order valence-electron chi connectivity index (χ0n) is 12.0. The molecule has 0 aliphatic heterocycles. The molecule has 2 unspecified atom stereocenters. The molecule has 4 N–H and O–H groups in total. The predicted octanol–water partition coefficient (Wildman–Crippen LogP) is 1.96. The van der Waals surface area contributed by atoms with Gasteiger partial charge in [-0.15, -0.1) is 11.3 Å². The summed E-state index contributed by atoms with van der Waals surface area (Å²) in [6.45, 7) is 5.20. The van der Waals surface area contributed by atoms with Crippen molar-refractivity contribution in [3.05, 3.63) is 17.0 Å². The Hall–Kier alpha value is -1.64. The maximum Gasteiger partial charge on any atom is 0.412 e. The number of thiophene rings is 1. The third kappa shape index (κ3) is 6.11. The number of nitrogens with one attached hydrogen (secondary N) is 1. The van der Waals surface area contributed by atoms with Crippen LogP contribution in [0.25, 0.3) is 0 Å². The van der Waals surface area contributed by atoms with Crippen molar-refractivity contribution in [3.63, 3.8) is 0 Å². The molecule has 0 aliphatic carbocycles. The highest BCUT2D eigenvalue weighted by Crippen LogP contribution is 2.28. The molecular formula is C13H19NO6S. The van der Waals surface area contributed by atoms with E-state index in [-0.39, 0.29) is 0 Å². The molecule has 2 atom stereocenters. The van der Waals surface area contributed by atoms with Gasteiger partial charge < -0.3 is 20.1 Å². The Labute approximate surface area is 126 Å². The number of anilines is 1. The van der Waals surface area contributed by atoms with Gasteiger partial charge in [0, 0.05) is 0 Å². The summed E-state index contributed by atoms with van der Waals surface area (Å²) in [4.78, 5) is 22.1. The quantitative estimate of drug-likeness (QED) is 0.660. The smallest absolute Gasteiger partial charge is 0.412 e. The topological polar surface area (TPSA) is 116 Å². The maximum atomic E-state index is 11.6. The summed E-state index contributed by atoms with van der Waals surface area (Å²) >= 11 is 1.14. The molecule has 7 nitrogen and oxygen atoms in total. The van der Waals surface area contributed by atoms with Crippen LogP contribution in [0.1, 0.15) is 38.9 Å². The van der Waals surface area contributed by atoms with Crippen molar-refractivity contribution in [2.75, 3.05) is 5.32 Å². The van der Waals surface area contributed by atoms with Gasteiger partial charge in [0.05, 0.1) is 17.5 Å². The number of hydrogen-bond donors (Lipinski definition) is 4. The minimum absolute atomic E-state index is 0.333. The van der Waals surface area contributed by atoms with Crippen LogP contribution in [0.3, 0.4) is 0 Å². The van der Waals surface area contributed by atoms with Gasteiger partial charge in [-0.05, 0) is 37.8 Å². The number of carboxylic acids is 1. The van der Waals surface area contributed by atoms with Crippen LogP contribution in [0.2, 0.25) is 0 Å². The Kier molecular flexibility index (Phi) is 5.70. The Morgan fingerprint density at radius 2 is 2.00 bits per heavy atom. The molecule has 1 heterocycles. The fourth-order valence-electron chi connectivity index (χ4n) is 1.49. The Balaban J connectivity index is 2.64. The lowest BCUT2D eigenvalue weighted by molar-refractivity contribution is -0.141. The zero-order chi connectivity index (χ0) is 16.2. The summed E-state index contributed by atoms with van der Waals surface area (Å²) in [6, 6.07) is 1.46. The largest absolute Gasteiger partial charge is 0.481 e. The van der Waals surface area contributed by atoms with Crippen molar-refractivity contribution in [2.45, 2.75) is 45.0 Å². The number of rotatable bonds is 5. The molecule has 0 spiro atoms. The fraction of sp³-hybridized carbons (Fsp3) is 0.538. The van der Waals surface area contributed by atoms with Gasteiger partial charge in [-0.2, -0.15) is 0 Å². The molecule has 0 saturated heterocycles. The lowest BCUT2D eigenvalue weighted by atomic mass is 10.1. The van der Waals surface area contributed by atoms with Gasteiger partial charge in [0.15, 0.2) is 0 Å². The lowest BCUT2D eigenvalue weighted by Crippen LogP contribution is -2.27. The number of aliphatic carboxylic acids is 1. The molecule has 1 aromatic heterocycles. The predicted molar refractivity (Wildman–Crippen MR) is 77.4 cm³/mol. The normalized spacial score (nSPS) is 14.3. The summed E-state index contributed by atoms with van der Waals surface area (Å²) in [6.07, 6.45) is -3.93. The first kappa shape index (κ1) is 17.4. The van der Waals surface area contributed by atoms with Crippen molar-refractivity contribution >= 4 is 28.4 Å². The maximum absolute atomic E-state index is 11.6. The molecular weight excluding hydrogens is 298 g/mol. The molecule has 1 aromatic rings. The Morgan fingerprint density at radius 3 is 2.52 bits per heavy atom. The standard InChI is InChI=1S/C13H19NO6S/c1-13(2,3)20-12(19)14-9-4-7(6-21-9)11(18)8(15)5-10(16)17/h4,6,8,11,15,18H,5H2,1-3H3,(H,14,19)(H,16,17). The number of aliphatic hydroxyl groups is 2. The number of carbonyl (C=O) groups excluding carboxylic acids is 1. The van der Waals surface area contributed by atoms with Gasteiger partial charge in [-0.1, -0.05) is 0 Å². The number of aliphatic hydroxyl groups excluding tert-OH is 2. The first-order valence-corrected chi connectivity index (χ1v) is 7.13. The first-order chi connectivity index (χ1) is 9.58. The summed E-state index contributed by atoms with van der Waals surface area (Å²) in [5.41, 5.74) is -0.290. The number of ether oxygens (including phenoxy) is 1. The van der Waals surface area contributed by atoms with Crippen LogP contribution in [-0.4, -0.2) is 39.1 Å². The van der Waals surface area contributed by atoms with E-state index in [1.54, 1.807) is 20.8 Å². The molecule has 0 bridgehead atoms. The van der Waals surface area contributed by atoms with Crippen LogP contribution < -0.4 is 5.32 Å². The SMILES string of the molecule is CC(C)(C)OC(=O)Nc1cc(C(O)C(O)CC(=O)O)cs1. The fourth-order valence-corrected chi connectivity index (χ4v) is 2.31. The average molecular weight is 317 g/mol. The van der Waals surface area contributed by atoms with E-state index in [0.29, 0.717) is 10.6 Å². The molecule has 0 radical (unpaired) electrons. The van der Waals surface area contributed by atoms with Crippen LogP contribution in [-0.2, 0) is 9.53 Å². The van der Waals surface area contributed by atoms with E-state index in [2.05, 4.69) is 5.32 Å². The highest BCUT2D eigenvalue weighted by Gasteiger charge is 2.23. The van der Waals surface area contributed by atoms with E-state index in [4.69, 9.17) is 9.84 Å². The molecule has 8 heteroatoms. The molecule has 1 amide bonds. The summed E-state index contributed by atoms with van der Waals surface area (Å²) in [5.74, 6) is -1.20. The van der Waals surface area contributed by atoms with Gasteiger partial charge in [-0.25, -0.2) is 4.79 Å². The second-order valence-corrected chi connectivity index (χ2v) is 6.39. The van der Waals surface area contributed by atoms with Crippen LogP contribution in [0.15, 0.2) is 11.4 Å². The Bertz CT molecular complexity index is 507. The van der Waals surface area contributed by atoms with Crippen LogP contribution in [0.4, 0.5) is 9.80 Å². The van der Waals surface area contributed by atoms with E-state index in [0.717, 1.165) is 11.3 Å². The minimum Gasteiger partial charge on any atom is -0.481 e. The average Bonchev–Trinajstić information content (AvgIpc) is 2.72. The third-order valence-electron chi connectivity index (χ3n) is 2.33.